The quantitative estimate of drug-likeness (QED) is 0.488. The predicted molar refractivity (Wildman–Crippen MR) is 51.5 cm³/mol. The molecule has 16 heavy (non-hydrogen) atoms. The van der Waals surface area contributed by atoms with Gasteiger partial charge in [-0.05, 0) is 12.8 Å². The van der Waals surface area contributed by atoms with Crippen molar-refractivity contribution in [1.29, 1.82) is 0 Å². The maximum absolute atomic E-state index is 11.5. The first-order valence-corrected chi connectivity index (χ1v) is 4.90. The third kappa shape index (κ3) is 1.84. The molecule has 0 aromatic carbocycles. The monoisotopic (exact) mass is 222 g/mol. The van der Waals surface area contributed by atoms with Crippen LogP contribution in [0, 0.1) is 18.3 Å². The molecule has 0 N–H and O–H groups in total. The first-order valence-electron chi connectivity index (χ1n) is 4.90. The lowest BCUT2D eigenvalue weighted by Crippen LogP contribution is -2.35. The number of hydroxylamine groups is 2. The number of imide groups is 1. The molecule has 1 saturated carbocycles. The number of nitrogens with zero attached hydrogens (tertiary/aromatic N) is 2. The average Bonchev–Trinajstić information content (AvgIpc) is 3.04. The van der Waals surface area contributed by atoms with Gasteiger partial charge in [-0.25, -0.2) is 9.59 Å². The van der Waals surface area contributed by atoms with Crippen molar-refractivity contribution in [3.8, 4) is 12.3 Å². The van der Waals surface area contributed by atoms with Crippen molar-refractivity contribution >= 4 is 17.9 Å². The number of rotatable bonds is 3. The van der Waals surface area contributed by atoms with E-state index in [2.05, 4.69) is 5.92 Å². The summed E-state index contributed by atoms with van der Waals surface area (Å²) >= 11 is 0. The molecule has 0 aromatic heterocycles. The highest BCUT2D eigenvalue weighted by Crippen LogP contribution is 2.30. The van der Waals surface area contributed by atoms with Gasteiger partial charge in [0.2, 0.25) is 0 Å². The lowest BCUT2D eigenvalue weighted by molar-refractivity contribution is -0.183. The van der Waals surface area contributed by atoms with E-state index in [1.54, 1.807) is 0 Å². The summed E-state index contributed by atoms with van der Waals surface area (Å²) in [7, 11) is 0. The Morgan fingerprint density at radius 3 is 2.75 bits per heavy atom. The minimum Gasteiger partial charge on any atom is -0.328 e. The van der Waals surface area contributed by atoms with Crippen molar-refractivity contribution in [1.82, 2.24) is 9.96 Å². The molecular formula is C10H10N2O4. The van der Waals surface area contributed by atoms with Crippen LogP contribution < -0.4 is 0 Å². The van der Waals surface area contributed by atoms with Crippen molar-refractivity contribution < 1.29 is 19.2 Å². The summed E-state index contributed by atoms with van der Waals surface area (Å²) in [6.45, 7) is -0.108. The van der Waals surface area contributed by atoms with Gasteiger partial charge in [-0.2, -0.15) is 0 Å². The number of carbonyl (C=O) groups excluding carboxylic acids is 3. The SMILES string of the molecule is C#CCN1CC(=O)N(OC(=O)C2CC2)C1=O. The summed E-state index contributed by atoms with van der Waals surface area (Å²) in [5, 5.41) is 0.498. The summed E-state index contributed by atoms with van der Waals surface area (Å²) in [6.07, 6.45) is 6.55. The lowest BCUT2D eigenvalue weighted by Gasteiger charge is -2.13. The fourth-order valence-electron chi connectivity index (χ4n) is 1.34. The molecule has 2 rings (SSSR count). The molecule has 0 radical (unpaired) electrons. The van der Waals surface area contributed by atoms with Gasteiger partial charge in [-0.3, -0.25) is 4.79 Å². The second-order valence-corrected chi connectivity index (χ2v) is 3.72. The minimum absolute atomic E-state index is 0.0298. The molecule has 1 aliphatic heterocycles. The molecule has 1 aliphatic carbocycles. The van der Waals surface area contributed by atoms with Gasteiger partial charge >= 0.3 is 12.0 Å². The van der Waals surface area contributed by atoms with Crippen LogP contribution >= 0.6 is 0 Å². The van der Waals surface area contributed by atoms with Gasteiger partial charge in [0.1, 0.15) is 6.54 Å². The average molecular weight is 222 g/mol. The van der Waals surface area contributed by atoms with Crippen LogP contribution in [-0.4, -0.2) is 41.0 Å². The van der Waals surface area contributed by atoms with Gasteiger partial charge in [0.05, 0.1) is 12.5 Å². The summed E-state index contributed by atoms with van der Waals surface area (Å²) < 4.78 is 0. The Bertz CT molecular complexity index is 394. The van der Waals surface area contributed by atoms with Crippen LogP contribution in [0.4, 0.5) is 4.79 Å². The van der Waals surface area contributed by atoms with E-state index in [1.807, 2.05) is 0 Å². The number of amides is 3. The van der Waals surface area contributed by atoms with Crippen LogP contribution in [-0.2, 0) is 14.4 Å². The van der Waals surface area contributed by atoms with Crippen molar-refractivity contribution in [2.75, 3.05) is 13.1 Å². The van der Waals surface area contributed by atoms with Crippen molar-refractivity contribution in [3.05, 3.63) is 0 Å². The number of hydrogen-bond donors (Lipinski definition) is 0. The molecule has 0 aromatic rings. The van der Waals surface area contributed by atoms with E-state index in [4.69, 9.17) is 11.3 Å². The molecule has 84 valence electrons. The lowest BCUT2D eigenvalue weighted by atomic mass is 10.4. The molecule has 0 bridgehead atoms. The van der Waals surface area contributed by atoms with Crippen LogP contribution in [0.1, 0.15) is 12.8 Å². The number of terminal acetylenes is 1. The Kier molecular flexibility index (Phi) is 2.52. The standard InChI is InChI=1S/C10H10N2O4/c1-2-5-11-6-8(13)12(10(11)15)16-9(14)7-3-4-7/h1,7H,3-6H2. The van der Waals surface area contributed by atoms with E-state index in [9.17, 15) is 14.4 Å². The predicted octanol–water partition coefficient (Wildman–Crippen LogP) is -0.248. The van der Waals surface area contributed by atoms with Gasteiger partial charge in [-0.1, -0.05) is 11.0 Å². The Balaban J connectivity index is 1.99. The van der Waals surface area contributed by atoms with E-state index < -0.39 is 17.9 Å². The van der Waals surface area contributed by atoms with Crippen LogP contribution in [0.3, 0.4) is 0 Å². The second-order valence-electron chi connectivity index (χ2n) is 3.72. The molecule has 2 aliphatic rings. The third-order valence-corrected chi connectivity index (χ3v) is 2.37. The fourth-order valence-corrected chi connectivity index (χ4v) is 1.34. The zero-order valence-corrected chi connectivity index (χ0v) is 8.51. The minimum atomic E-state index is -0.669. The molecular weight excluding hydrogens is 212 g/mol. The van der Waals surface area contributed by atoms with E-state index in [0.29, 0.717) is 5.06 Å². The molecule has 0 spiro atoms. The third-order valence-electron chi connectivity index (χ3n) is 2.37. The van der Waals surface area contributed by atoms with Gasteiger partial charge in [0.15, 0.2) is 0 Å². The maximum Gasteiger partial charge on any atom is 0.362 e. The zero-order chi connectivity index (χ0) is 11.7. The molecule has 1 saturated heterocycles. The first kappa shape index (κ1) is 10.5. The summed E-state index contributed by atoms with van der Waals surface area (Å²) in [5.41, 5.74) is 0. The summed E-state index contributed by atoms with van der Waals surface area (Å²) in [5.74, 6) is 1.01. The smallest absolute Gasteiger partial charge is 0.328 e. The van der Waals surface area contributed by atoms with Gasteiger partial charge in [0.25, 0.3) is 5.91 Å². The molecule has 2 fully saturated rings. The topological polar surface area (TPSA) is 66.9 Å². The largest absolute Gasteiger partial charge is 0.362 e. The van der Waals surface area contributed by atoms with Gasteiger partial charge in [0, 0.05) is 0 Å². The van der Waals surface area contributed by atoms with Crippen LogP contribution in [0.2, 0.25) is 0 Å². The highest BCUT2D eigenvalue weighted by molar-refractivity contribution is 6.01. The van der Waals surface area contributed by atoms with E-state index in [-0.39, 0.29) is 19.0 Å². The number of carbonyl (C=O) groups is 3. The number of urea groups is 1. The highest BCUT2D eigenvalue weighted by Gasteiger charge is 2.42. The second kappa shape index (κ2) is 3.85. The van der Waals surface area contributed by atoms with E-state index >= 15 is 0 Å². The fraction of sp³-hybridized carbons (Fsp3) is 0.500. The number of hydrogen-bond acceptors (Lipinski definition) is 4. The normalized spacial score (nSPS) is 19.9. The molecule has 6 heteroatoms. The molecule has 0 atom stereocenters. The summed E-state index contributed by atoms with van der Waals surface area (Å²) in [4.78, 5) is 40.1. The Labute approximate surface area is 92.1 Å². The van der Waals surface area contributed by atoms with Crippen molar-refractivity contribution in [2.24, 2.45) is 5.92 Å². The van der Waals surface area contributed by atoms with E-state index in [1.165, 1.54) is 0 Å². The van der Waals surface area contributed by atoms with Crippen LogP contribution in [0.15, 0.2) is 0 Å². The van der Waals surface area contributed by atoms with Crippen LogP contribution in [0.25, 0.3) is 0 Å². The summed E-state index contributed by atoms with van der Waals surface area (Å²) in [6, 6.07) is -0.669. The Morgan fingerprint density at radius 1 is 1.50 bits per heavy atom. The molecule has 6 nitrogen and oxygen atoms in total. The maximum atomic E-state index is 11.5. The van der Waals surface area contributed by atoms with Crippen LogP contribution in [0.5, 0.6) is 0 Å². The zero-order valence-electron chi connectivity index (χ0n) is 8.51. The highest BCUT2D eigenvalue weighted by atomic mass is 16.7. The molecule has 0 unspecified atom stereocenters. The molecule has 1 heterocycles. The van der Waals surface area contributed by atoms with E-state index in [0.717, 1.165) is 17.7 Å². The molecule has 3 amide bonds. The van der Waals surface area contributed by atoms with Gasteiger partial charge < -0.3 is 9.74 Å². The Morgan fingerprint density at radius 2 is 2.19 bits per heavy atom. The Hall–Kier alpha value is -2.03. The van der Waals surface area contributed by atoms with Gasteiger partial charge in [-0.15, -0.1) is 6.42 Å². The van der Waals surface area contributed by atoms with Crippen molar-refractivity contribution in [3.63, 3.8) is 0 Å². The first-order chi connectivity index (χ1) is 7.63. The van der Waals surface area contributed by atoms with Crippen molar-refractivity contribution in [2.45, 2.75) is 12.8 Å².